The molecule has 1 aliphatic heterocycles. The standard InChI is InChI=1S/C20H14F4N6O/c21-13-2-1-3-16-17(13)12(9-31-16)7-30-8-15(26-10-30)14-6-11(4-5-25-14)18-19(20(22,23)24)28-29-27-18/h1-6,8,10,12H,7,9H2,(H,27,28,29)/t12-/m0/s1. The number of benzene rings is 1. The molecule has 7 nitrogen and oxygen atoms in total. The summed E-state index contributed by atoms with van der Waals surface area (Å²) in [4.78, 5) is 8.51. The summed E-state index contributed by atoms with van der Waals surface area (Å²) in [6, 6.07) is 7.61. The summed E-state index contributed by atoms with van der Waals surface area (Å²) in [6.45, 7) is 0.784. The van der Waals surface area contributed by atoms with E-state index in [1.165, 1.54) is 24.4 Å². The molecule has 1 N–H and O–H groups in total. The zero-order chi connectivity index (χ0) is 21.6. The van der Waals surface area contributed by atoms with E-state index in [4.69, 9.17) is 4.74 Å². The van der Waals surface area contributed by atoms with Crippen LogP contribution in [0.15, 0.2) is 49.1 Å². The van der Waals surface area contributed by atoms with E-state index in [0.717, 1.165) is 0 Å². The van der Waals surface area contributed by atoms with E-state index < -0.39 is 11.9 Å². The molecule has 11 heteroatoms. The van der Waals surface area contributed by atoms with Gasteiger partial charge < -0.3 is 9.30 Å². The molecule has 0 saturated carbocycles. The van der Waals surface area contributed by atoms with Gasteiger partial charge in [-0.05, 0) is 24.3 Å². The molecular formula is C20H14F4N6O. The van der Waals surface area contributed by atoms with E-state index >= 15 is 0 Å². The fourth-order valence-corrected chi connectivity index (χ4v) is 3.65. The number of aromatic nitrogens is 6. The summed E-state index contributed by atoms with van der Waals surface area (Å²) in [5.74, 6) is 0.0394. The second kappa shape index (κ2) is 7.18. The third-order valence-electron chi connectivity index (χ3n) is 5.04. The lowest BCUT2D eigenvalue weighted by molar-refractivity contribution is -0.140. The SMILES string of the molecule is Fc1cccc2c1[C@@H](Cn1cnc(-c3cc(-c4n[nH]nc4C(F)(F)F)ccn3)c1)CO2. The van der Waals surface area contributed by atoms with E-state index in [2.05, 4.69) is 20.2 Å². The van der Waals surface area contributed by atoms with Crippen LogP contribution >= 0.6 is 0 Å². The number of halogens is 4. The Bertz CT molecular complexity index is 1250. The van der Waals surface area contributed by atoms with Crippen molar-refractivity contribution in [1.29, 1.82) is 0 Å². The third-order valence-corrected chi connectivity index (χ3v) is 5.04. The monoisotopic (exact) mass is 430 g/mol. The zero-order valence-corrected chi connectivity index (χ0v) is 15.8. The van der Waals surface area contributed by atoms with Crippen molar-refractivity contribution in [3.63, 3.8) is 0 Å². The minimum absolute atomic E-state index is 0.179. The number of hydrogen-bond donors (Lipinski definition) is 1. The first kappa shape index (κ1) is 19.2. The molecule has 0 radical (unpaired) electrons. The Balaban J connectivity index is 1.41. The molecule has 0 bridgehead atoms. The van der Waals surface area contributed by atoms with Crippen molar-refractivity contribution in [2.24, 2.45) is 0 Å². The Morgan fingerprint density at radius 1 is 1.13 bits per heavy atom. The van der Waals surface area contributed by atoms with Crippen molar-refractivity contribution in [3.8, 4) is 28.4 Å². The first-order valence-electron chi connectivity index (χ1n) is 9.28. The highest BCUT2D eigenvalue weighted by Crippen LogP contribution is 2.37. The molecule has 0 fully saturated rings. The van der Waals surface area contributed by atoms with Gasteiger partial charge in [-0.15, -0.1) is 0 Å². The van der Waals surface area contributed by atoms with Crippen molar-refractivity contribution in [3.05, 3.63) is 66.1 Å². The van der Waals surface area contributed by atoms with Crippen molar-refractivity contribution in [2.75, 3.05) is 6.61 Å². The van der Waals surface area contributed by atoms with Gasteiger partial charge in [-0.2, -0.15) is 28.6 Å². The average Bonchev–Trinajstić information content (AvgIpc) is 3.48. The van der Waals surface area contributed by atoms with Crippen molar-refractivity contribution >= 4 is 0 Å². The third kappa shape index (κ3) is 3.51. The van der Waals surface area contributed by atoms with Gasteiger partial charge >= 0.3 is 6.18 Å². The maximum absolute atomic E-state index is 14.2. The maximum Gasteiger partial charge on any atom is 0.437 e. The summed E-state index contributed by atoms with van der Waals surface area (Å²) >= 11 is 0. The van der Waals surface area contributed by atoms with Gasteiger partial charge in [-0.3, -0.25) is 4.98 Å². The Kier molecular flexibility index (Phi) is 4.45. The molecule has 4 heterocycles. The molecule has 0 spiro atoms. The highest BCUT2D eigenvalue weighted by Gasteiger charge is 2.38. The summed E-state index contributed by atoms with van der Waals surface area (Å²) in [6.07, 6.45) is 0.0232. The normalized spacial score (nSPS) is 15.7. The minimum Gasteiger partial charge on any atom is -0.492 e. The molecule has 0 aliphatic carbocycles. The van der Waals surface area contributed by atoms with Gasteiger partial charge in [0.2, 0.25) is 0 Å². The molecule has 4 aromatic rings. The molecule has 0 saturated heterocycles. The molecule has 0 unspecified atom stereocenters. The van der Waals surface area contributed by atoms with Crippen molar-refractivity contribution in [2.45, 2.75) is 18.6 Å². The van der Waals surface area contributed by atoms with Crippen LogP contribution in [0, 0.1) is 5.82 Å². The number of H-pyrrole nitrogens is 1. The number of aromatic amines is 1. The Hall–Kier alpha value is -3.76. The number of rotatable bonds is 4. The summed E-state index contributed by atoms with van der Waals surface area (Å²) in [5.41, 5.74) is 0.167. The van der Waals surface area contributed by atoms with Gasteiger partial charge in [0, 0.05) is 36.0 Å². The fraction of sp³-hybridized carbons (Fsp3) is 0.200. The van der Waals surface area contributed by atoms with Crippen LogP contribution < -0.4 is 4.74 Å². The molecule has 3 aromatic heterocycles. The summed E-state index contributed by atoms with van der Waals surface area (Å²) < 4.78 is 60.9. The van der Waals surface area contributed by atoms with Gasteiger partial charge in [0.25, 0.3) is 0 Å². The molecular weight excluding hydrogens is 416 g/mol. The van der Waals surface area contributed by atoms with Crippen LogP contribution in [0.3, 0.4) is 0 Å². The van der Waals surface area contributed by atoms with Crippen molar-refractivity contribution < 1.29 is 22.3 Å². The quantitative estimate of drug-likeness (QED) is 0.494. The Morgan fingerprint density at radius 2 is 2.00 bits per heavy atom. The summed E-state index contributed by atoms with van der Waals surface area (Å²) in [5, 5.41) is 8.86. The van der Waals surface area contributed by atoms with Crippen LogP contribution in [0.4, 0.5) is 17.6 Å². The number of fused-ring (bicyclic) bond motifs is 1. The average molecular weight is 430 g/mol. The topological polar surface area (TPSA) is 81.5 Å². The van der Waals surface area contributed by atoms with Crippen LogP contribution in [0.1, 0.15) is 17.2 Å². The highest BCUT2D eigenvalue weighted by atomic mass is 19.4. The fourth-order valence-electron chi connectivity index (χ4n) is 3.65. The van der Waals surface area contributed by atoms with Gasteiger partial charge in [-0.1, -0.05) is 6.07 Å². The largest absolute Gasteiger partial charge is 0.492 e. The van der Waals surface area contributed by atoms with Crippen LogP contribution in [0.2, 0.25) is 0 Å². The molecule has 1 atom stereocenters. The number of hydrogen-bond acceptors (Lipinski definition) is 5. The molecule has 1 aliphatic rings. The number of pyridine rings is 1. The molecule has 158 valence electrons. The number of alkyl halides is 3. The Labute approximate surface area is 172 Å². The number of ether oxygens (including phenoxy) is 1. The van der Waals surface area contributed by atoms with Crippen LogP contribution in [0.25, 0.3) is 22.6 Å². The van der Waals surface area contributed by atoms with E-state index in [0.29, 0.717) is 35.9 Å². The van der Waals surface area contributed by atoms with E-state index in [-0.39, 0.29) is 23.0 Å². The number of nitrogens with one attached hydrogen (secondary N) is 1. The lowest BCUT2D eigenvalue weighted by Gasteiger charge is -2.10. The zero-order valence-electron chi connectivity index (χ0n) is 15.8. The smallest absolute Gasteiger partial charge is 0.437 e. The minimum atomic E-state index is -4.64. The molecule has 31 heavy (non-hydrogen) atoms. The second-order valence-corrected chi connectivity index (χ2v) is 7.06. The number of imidazole rings is 1. The summed E-state index contributed by atoms with van der Waals surface area (Å²) in [7, 11) is 0. The first-order valence-corrected chi connectivity index (χ1v) is 9.28. The molecule has 0 amide bonds. The predicted molar refractivity (Wildman–Crippen MR) is 100 cm³/mol. The molecule has 5 rings (SSSR count). The first-order chi connectivity index (χ1) is 14.9. The van der Waals surface area contributed by atoms with Gasteiger partial charge in [0.15, 0.2) is 5.69 Å². The van der Waals surface area contributed by atoms with Crippen LogP contribution in [-0.2, 0) is 12.7 Å². The predicted octanol–water partition coefficient (Wildman–Crippen LogP) is 4.06. The van der Waals surface area contributed by atoms with Gasteiger partial charge in [0.1, 0.15) is 23.0 Å². The highest BCUT2D eigenvalue weighted by molar-refractivity contribution is 5.67. The lowest BCUT2D eigenvalue weighted by Crippen LogP contribution is -2.10. The van der Waals surface area contributed by atoms with E-state index in [1.807, 2.05) is 5.21 Å². The van der Waals surface area contributed by atoms with Gasteiger partial charge in [-0.25, -0.2) is 9.37 Å². The van der Waals surface area contributed by atoms with Crippen LogP contribution in [0.5, 0.6) is 5.75 Å². The van der Waals surface area contributed by atoms with E-state index in [9.17, 15) is 17.6 Å². The van der Waals surface area contributed by atoms with Gasteiger partial charge in [0.05, 0.1) is 18.6 Å². The Morgan fingerprint density at radius 3 is 2.84 bits per heavy atom. The van der Waals surface area contributed by atoms with Crippen LogP contribution in [-0.4, -0.2) is 36.6 Å². The lowest BCUT2D eigenvalue weighted by atomic mass is 10.0. The maximum atomic E-state index is 14.2. The molecule has 1 aromatic carbocycles. The van der Waals surface area contributed by atoms with Crippen molar-refractivity contribution in [1.82, 2.24) is 29.9 Å². The number of nitrogens with zero attached hydrogens (tertiary/aromatic N) is 5. The second-order valence-electron chi connectivity index (χ2n) is 7.06. The van der Waals surface area contributed by atoms with E-state index in [1.54, 1.807) is 29.2 Å².